The summed E-state index contributed by atoms with van der Waals surface area (Å²) in [4.78, 5) is 0. The number of methoxy groups -OCH3 is 1. The van der Waals surface area contributed by atoms with Crippen LogP contribution in [0.1, 0.15) is 17.5 Å². The first kappa shape index (κ1) is 10.1. The zero-order valence-corrected chi connectivity index (χ0v) is 9.49. The Balaban J connectivity index is 1.97. The first-order valence-electron chi connectivity index (χ1n) is 5.76. The van der Waals surface area contributed by atoms with Gasteiger partial charge in [0.15, 0.2) is 5.79 Å². The Hall–Kier alpha value is -1.06. The number of fused-ring (bicyclic) bond motifs is 1. The largest absolute Gasteiger partial charge is 0.496 e. The van der Waals surface area contributed by atoms with Gasteiger partial charge in [-0.05, 0) is 18.1 Å². The second-order valence-corrected chi connectivity index (χ2v) is 4.38. The fraction of sp³-hybridized carbons (Fsp3) is 0.538. The molecule has 3 heteroatoms. The normalized spacial score (nSPS) is 22.1. The molecule has 16 heavy (non-hydrogen) atoms. The second-order valence-electron chi connectivity index (χ2n) is 4.38. The summed E-state index contributed by atoms with van der Waals surface area (Å²) < 4.78 is 16.9. The molecule has 3 rings (SSSR count). The standard InChI is InChI=1S/C13H16O3/c1-14-12-4-2-3-10-5-6-13(9-11(10)12)15-7-8-16-13/h2-4H,5-9H2,1H3. The first-order chi connectivity index (χ1) is 7.83. The minimum absolute atomic E-state index is 0.373. The van der Waals surface area contributed by atoms with Crippen LogP contribution in [0.25, 0.3) is 0 Å². The molecule has 0 aromatic heterocycles. The third-order valence-electron chi connectivity index (χ3n) is 3.48. The van der Waals surface area contributed by atoms with E-state index >= 15 is 0 Å². The molecule has 1 aromatic rings. The van der Waals surface area contributed by atoms with E-state index in [1.54, 1.807) is 7.11 Å². The van der Waals surface area contributed by atoms with Crippen molar-refractivity contribution in [2.24, 2.45) is 0 Å². The highest BCUT2D eigenvalue weighted by Crippen LogP contribution is 2.38. The fourth-order valence-corrected chi connectivity index (χ4v) is 2.66. The summed E-state index contributed by atoms with van der Waals surface area (Å²) in [5.74, 6) is 0.581. The lowest BCUT2D eigenvalue weighted by Crippen LogP contribution is -2.37. The second kappa shape index (κ2) is 3.75. The molecule has 0 atom stereocenters. The number of hydrogen-bond acceptors (Lipinski definition) is 3. The molecular weight excluding hydrogens is 204 g/mol. The number of rotatable bonds is 1. The molecule has 0 bridgehead atoms. The third kappa shape index (κ3) is 1.51. The van der Waals surface area contributed by atoms with Crippen LogP contribution in [0.5, 0.6) is 5.75 Å². The van der Waals surface area contributed by atoms with Crippen LogP contribution in [0.4, 0.5) is 0 Å². The third-order valence-corrected chi connectivity index (χ3v) is 3.48. The van der Waals surface area contributed by atoms with Gasteiger partial charge in [-0.1, -0.05) is 12.1 Å². The minimum atomic E-state index is -0.373. The van der Waals surface area contributed by atoms with Crippen molar-refractivity contribution in [3.05, 3.63) is 29.3 Å². The highest BCUT2D eigenvalue weighted by Gasteiger charge is 2.40. The van der Waals surface area contributed by atoms with Gasteiger partial charge in [0.2, 0.25) is 0 Å². The maximum absolute atomic E-state index is 5.76. The Morgan fingerprint density at radius 3 is 2.81 bits per heavy atom. The first-order valence-corrected chi connectivity index (χ1v) is 5.76. The van der Waals surface area contributed by atoms with Crippen molar-refractivity contribution in [3.8, 4) is 5.75 Å². The zero-order valence-electron chi connectivity index (χ0n) is 9.49. The minimum Gasteiger partial charge on any atom is -0.496 e. The number of ether oxygens (including phenoxy) is 3. The summed E-state index contributed by atoms with van der Waals surface area (Å²) in [6, 6.07) is 6.22. The average Bonchev–Trinajstić information content (AvgIpc) is 2.77. The molecule has 1 fully saturated rings. The Kier molecular flexibility index (Phi) is 2.37. The van der Waals surface area contributed by atoms with Gasteiger partial charge in [0.05, 0.1) is 20.3 Å². The molecule has 1 aliphatic heterocycles. The molecule has 1 spiro atoms. The van der Waals surface area contributed by atoms with E-state index in [0.29, 0.717) is 13.2 Å². The topological polar surface area (TPSA) is 27.7 Å². The van der Waals surface area contributed by atoms with Crippen molar-refractivity contribution in [1.82, 2.24) is 0 Å². The molecule has 0 unspecified atom stereocenters. The van der Waals surface area contributed by atoms with Gasteiger partial charge in [0, 0.05) is 18.4 Å². The lowest BCUT2D eigenvalue weighted by atomic mass is 9.86. The Morgan fingerprint density at radius 1 is 1.25 bits per heavy atom. The highest BCUT2D eigenvalue weighted by atomic mass is 16.7. The lowest BCUT2D eigenvalue weighted by Gasteiger charge is -2.33. The molecule has 0 radical (unpaired) electrons. The molecule has 1 saturated heterocycles. The highest BCUT2D eigenvalue weighted by molar-refractivity contribution is 5.42. The van der Waals surface area contributed by atoms with E-state index in [2.05, 4.69) is 6.07 Å². The molecule has 0 amide bonds. The van der Waals surface area contributed by atoms with E-state index in [1.807, 2.05) is 12.1 Å². The van der Waals surface area contributed by atoms with Crippen LogP contribution < -0.4 is 4.74 Å². The van der Waals surface area contributed by atoms with Gasteiger partial charge in [0.25, 0.3) is 0 Å². The van der Waals surface area contributed by atoms with Crippen LogP contribution in [-0.4, -0.2) is 26.1 Å². The summed E-state index contributed by atoms with van der Waals surface area (Å²) in [5, 5.41) is 0. The summed E-state index contributed by atoms with van der Waals surface area (Å²) in [6.45, 7) is 1.43. The van der Waals surface area contributed by atoms with Crippen molar-refractivity contribution in [2.75, 3.05) is 20.3 Å². The van der Waals surface area contributed by atoms with Gasteiger partial charge < -0.3 is 14.2 Å². The zero-order chi connectivity index (χ0) is 11.0. The molecule has 86 valence electrons. The van der Waals surface area contributed by atoms with E-state index in [0.717, 1.165) is 25.0 Å². The van der Waals surface area contributed by atoms with Crippen molar-refractivity contribution in [2.45, 2.75) is 25.0 Å². The van der Waals surface area contributed by atoms with Crippen LogP contribution in [0.2, 0.25) is 0 Å². The van der Waals surface area contributed by atoms with Crippen LogP contribution in [-0.2, 0) is 22.3 Å². The van der Waals surface area contributed by atoms with Crippen LogP contribution in [0, 0.1) is 0 Å². The maximum Gasteiger partial charge on any atom is 0.172 e. The smallest absolute Gasteiger partial charge is 0.172 e. The summed E-state index contributed by atoms with van der Waals surface area (Å²) in [7, 11) is 1.72. The van der Waals surface area contributed by atoms with Gasteiger partial charge in [0.1, 0.15) is 5.75 Å². The quantitative estimate of drug-likeness (QED) is 0.723. The van der Waals surface area contributed by atoms with Gasteiger partial charge in [-0.15, -0.1) is 0 Å². The monoisotopic (exact) mass is 220 g/mol. The van der Waals surface area contributed by atoms with Gasteiger partial charge in [-0.2, -0.15) is 0 Å². The van der Waals surface area contributed by atoms with Crippen LogP contribution in [0.3, 0.4) is 0 Å². The van der Waals surface area contributed by atoms with E-state index in [4.69, 9.17) is 14.2 Å². The molecule has 1 aliphatic carbocycles. The maximum atomic E-state index is 5.76. The Bertz CT molecular complexity index is 380. The fourth-order valence-electron chi connectivity index (χ4n) is 2.66. The van der Waals surface area contributed by atoms with E-state index in [9.17, 15) is 0 Å². The number of aryl methyl sites for hydroxylation is 1. The molecular formula is C13H16O3. The number of hydrogen-bond donors (Lipinski definition) is 0. The molecule has 3 nitrogen and oxygen atoms in total. The SMILES string of the molecule is COc1cccc2c1CC1(CC2)OCCO1. The van der Waals surface area contributed by atoms with E-state index in [-0.39, 0.29) is 5.79 Å². The summed E-state index contributed by atoms with van der Waals surface area (Å²) in [6.07, 6.45) is 2.77. The molecule has 1 aromatic carbocycles. The summed E-state index contributed by atoms with van der Waals surface area (Å²) in [5.41, 5.74) is 2.61. The molecule has 0 N–H and O–H groups in total. The number of benzene rings is 1. The molecule has 2 aliphatic rings. The van der Waals surface area contributed by atoms with Crippen molar-refractivity contribution in [3.63, 3.8) is 0 Å². The average molecular weight is 220 g/mol. The van der Waals surface area contributed by atoms with Gasteiger partial charge >= 0.3 is 0 Å². The van der Waals surface area contributed by atoms with Gasteiger partial charge in [-0.3, -0.25) is 0 Å². The Labute approximate surface area is 95.3 Å². The predicted octanol–water partition coefficient (Wildman–Crippen LogP) is 1.93. The molecule has 0 saturated carbocycles. The van der Waals surface area contributed by atoms with E-state index < -0.39 is 0 Å². The van der Waals surface area contributed by atoms with E-state index in [1.165, 1.54) is 11.1 Å². The lowest BCUT2D eigenvalue weighted by molar-refractivity contribution is -0.164. The Morgan fingerprint density at radius 2 is 2.06 bits per heavy atom. The van der Waals surface area contributed by atoms with Crippen LogP contribution in [0.15, 0.2) is 18.2 Å². The van der Waals surface area contributed by atoms with Gasteiger partial charge in [-0.25, -0.2) is 0 Å². The van der Waals surface area contributed by atoms with Crippen LogP contribution >= 0.6 is 0 Å². The van der Waals surface area contributed by atoms with Crippen molar-refractivity contribution in [1.29, 1.82) is 0 Å². The summed E-state index contributed by atoms with van der Waals surface area (Å²) >= 11 is 0. The molecule has 1 heterocycles. The van der Waals surface area contributed by atoms with Crippen molar-refractivity contribution >= 4 is 0 Å². The van der Waals surface area contributed by atoms with Crippen molar-refractivity contribution < 1.29 is 14.2 Å². The predicted molar refractivity (Wildman–Crippen MR) is 59.7 cm³/mol.